The second-order valence-electron chi connectivity index (χ2n) is 24.2. The summed E-state index contributed by atoms with van der Waals surface area (Å²) in [5.41, 5.74) is 1.95. The lowest BCUT2D eigenvalue weighted by molar-refractivity contribution is -0.120. The molecule has 0 bridgehead atoms. The Morgan fingerprint density at radius 1 is 0.512 bits per heavy atom. The van der Waals surface area contributed by atoms with Crippen LogP contribution in [0.2, 0.25) is 5.02 Å². The fourth-order valence-electron chi connectivity index (χ4n) is 14.3. The maximum Gasteiger partial charge on any atom is 0.229 e. The largest absolute Gasteiger partial charge is 0.493 e. The van der Waals surface area contributed by atoms with Crippen LogP contribution in [0.1, 0.15) is 161 Å². The van der Waals surface area contributed by atoms with Gasteiger partial charge in [-0.25, -0.2) is 0 Å². The number of ketones is 9. The molecule has 15 rings (SSSR count). The number of allylic oxidation sites excluding steroid dienone is 12. The second-order valence-corrected chi connectivity index (χ2v) is 24.6. The van der Waals surface area contributed by atoms with Gasteiger partial charge in [-0.1, -0.05) is 92.2 Å². The van der Waals surface area contributed by atoms with Crippen molar-refractivity contribution in [3.63, 3.8) is 0 Å². The summed E-state index contributed by atoms with van der Waals surface area (Å²) in [5, 5.41) is 7.42. The van der Waals surface area contributed by atoms with Gasteiger partial charge in [0.05, 0.1) is 34.8 Å². The number of carbonyl (C=O) groups excluding carboxylic acids is 9. The number of halogens is 1. The molecule has 3 aliphatic heterocycles. The minimum atomic E-state index is -1.01. The summed E-state index contributed by atoms with van der Waals surface area (Å²) in [6.45, 7) is 3.65. The smallest absolute Gasteiger partial charge is 0.229 e. The van der Waals surface area contributed by atoms with E-state index in [1.54, 1.807) is 66.7 Å². The lowest BCUT2D eigenvalue weighted by Gasteiger charge is -2.41. The number of nitrogens with one attached hydrogen (secondary N) is 1. The molecule has 0 spiro atoms. The topological polar surface area (TPSA) is 232 Å². The molecule has 2 aromatic heterocycles. The van der Waals surface area contributed by atoms with Gasteiger partial charge in [-0.2, -0.15) is 5.10 Å². The summed E-state index contributed by atoms with van der Waals surface area (Å²) in [6.07, 6.45) is 4.50. The zero-order valence-electron chi connectivity index (χ0n) is 46.2. The molecular formula is C69H48ClN3O13. The number of aromatic amines is 1. The highest BCUT2D eigenvalue weighted by molar-refractivity contribution is 6.31. The Labute approximate surface area is 495 Å². The summed E-state index contributed by atoms with van der Waals surface area (Å²) in [5.74, 6) is -5.98. The van der Waals surface area contributed by atoms with Gasteiger partial charge in [0.15, 0.2) is 52.0 Å². The number of aromatic nitrogens is 3. The molecule has 0 radical (unpaired) electrons. The van der Waals surface area contributed by atoms with Crippen molar-refractivity contribution in [1.29, 1.82) is 0 Å². The molecule has 0 amide bonds. The van der Waals surface area contributed by atoms with E-state index < -0.39 is 63.3 Å². The van der Waals surface area contributed by atoms with Gasteiger partial charge in [0.2, 0.25) is 17.3 Å². The van der Waals surface area contributed by atoms with Gasteiger partial charge in [0.1, 0.15) is 23.0 Å². The van der Waals surface area contributed by atoms with E-state index in [0.717, 1.165) is 0 Å². The van der Waals surface area contributed by atoms with Crippen LogP contribution in [0.3, 0.4) is 0 Å². The van der Waals surface area contributed by atoms with E-state index >= 15 is 4.79 Å². The minimum Gasteiger partial charge on any atom is -0.493 e. The summed E-state index contributed by atoms with van der Waals surface area (Å²) >= 11 is 6.39. The highest BCUT2D eigenvalue weighted by Crippen LogP contribution is 2.55. The predicted molar refractivity (Wildman–Crippen MR) is 306 cm³/mol. The van der Waals surface area contributed by atoms with E-state index in [1.807, 2.05) is 44.2 Å². The van der Waals surface area contributed by atoms with E-state index in [2.05, 4.69) is 10.2 Å². The van der Waals surface area contributed by atoms with Crippen LogP contribution in [-0.2, 0) is 35.0 Å². The summed E-state index contributed by atoms with van der Waals surface area (Å²) in [4.78, 5) is 135. The maximum absolute atomic E-state index is 15.1. The van der Waals surface area contributed by atoms with Gasteiger partial charge < -0.3 is 18.9 Å². The first-order chi connectivity index (χ1) is 41.5. The standard InChI is InChI=1S/C69H48ClN3O13/c1-68(25-35-23-40-42(30-71-35)61(79)57-50(32-9-4-3-5-10-32)53-44(74)13-8-14-47(53)84-65(57)63(40)81)26-45(75)54-48(28-68)85-66-56(51(54)33-15-17-34(70)18-16-33)60(78)39-20-19-36(24-41(39)64(66)82)83-31-69(2)27-46(76)55-49(29-69)86-67-58(52(55)43-21-22-72-73-43)59(77)37-11-6-7-12-38(37)62(67)80/h3-7,9-12,15-24,30,50-52H,8,13-14,25-29,31H2,1-2H3,(H,72,73). The molecule has 5 unspecified atom stereocenters. The minimum absolute atomic E-state index is 0.000412. The Kier molecular flexibility index (Phi) is 11.9. The fourth-order valence-corrected chi connectivity index (χ4v) is 14.4. The molecule has 1 N–H and O–H groups in total. The van der Waals surface area contributed by atoms with Crippen LogP contribution in [0, 0.1) is 10.8 Å². The molecule has 4 aromatic carbocycles. The summed E-state index contributed by atoms with van der Waals surface area (Å²) in [6, 6.07) is 30.1. The molecule has 0 saturated carbocycles. The molecule has 6 aromatic rings. The highest BCUT2D eigenvalue weighted by Gasteiger charge is 2.53. The zero-order chi connectivity index (χ0) is 59.2. The quantitative estimate of drug-likeness (QED) is 0.149. The van der Waals surface area contributed by atoms with Crippen molar-refractivity contribution in [2.75, 3.05) is 6.61 Å². The Hall–Kier alpha value is -9.80. The van der Waals surface area contributed by atoms with Crippen molar-refractivity contribution in [3.8, 4) is 5.75 Å². The van der Waals surface area contributed by atoms with E-state index in [4.69, 9.17) is 35.5 Å². The van der Waals surface area contributed by atoms with Gasteiger partial charge in [0.25, 0.3) is 0 Å². The summed E-state index contributed by atoms with van der Waals surface area (Å²) in [7, 11) is 0. The molecule has 6 aliphatic carbocycles. The molecule has 17 heteroatoms. The van der Waals surface area contributed by atoms with Gasteiger partial charge in [0, 0.05) is 129 Å². The average Bonchev–Trinajstić information content (AvgIpc) is 0.819. The van der Waals surface area contributed by atoms with Crippen LogP contribution in [0.4, 0.5) is 0 Å². The highest BCUT2D eigenvalue weighted by atomic mass is 35.5. The number of nitrogens with zero attached hydrogens (tertiary/aromatic N) is 2. The molecule has 86 heavy (non-hydrogen) atoms. The van der Waals surface area contributed by atoms with E-state index in [9.17, 15) is 38.4 Å². The number of H-pyrrole nitrogens is 1. The van der Waals surface area contributed by atoms with Crippen LogP contribution in [0.5, 0.6) is 5.75 Å². The number of pyridine rings is 1. The molecule has 5 atom stereocenters. The third-order valence-electron chi connectivity index (χ3n) is 18.2. The van der Waals surface area contributed by atoms with Crippen LogP contribution >= 0.6 is 11.6 Å². The van der Waals surface area contributed by atoms with E-state index in [0.29, 0.717) is 58.1 Å². The maximum atomic E-state index is 15.1. The first-order valence-corrected chi connectivity index (χ1v) is 28.8. The van der Waals surface area contributed by atoms with Crippen LogP contribution in [-0.4, -0.2) is 73.8 Å². The first kappa shape index (κ1) is 53.0. The number of rotatable bonds is 8. The van der Waals surface area contributed by atoms with Gasteiger partial charge in [-0.15, -0.1) is 0 Å². The van der Waals surface area contributed by atoms with Crippen LogP contribution in [0.25, 0.3) is 0 Å². The van der Waals surface area contributed by atoms with Crippen molar-refractivity contribution in [2.24, 2.45) is 10.8 Å². The third kappa shape index (κ3) is 8.13. The number of Topliss-reactive ketones (excluding diaryl/α,β-unsaturated/α-hetero) is 9. The lowest BCUT2D eigenvalue weighted by atomic mass is 9.65. The Bertz CT molecular complexity index is 4440. The fraction of sp³-hybridized carbons (Fsp3) is 0.232. The monoisotopic (exact) mass is 1160 g/mol. The number of benzene rings is 4. The van der Waals surface area contributed by atoms with E-state index in [1.165, 1.54) is 24.5 Å². The molecule has 0 saturated heterocycles. The van der Waals surface area contributed by atoms with Crippen molar-refractivity contribution < 1.29 is 62.1 Å². The normalized spacial score (nSPS) is 24.9. The predicted octanol–water partition coefficient (Wildman–Crippen LogP) is 11.4. The van der Waals surface area contributed by atoms with Gasteiger partial charge in [-0.05, 0) is 71.8 Å². The van der Waals surface area contributed by atoms with Gasteiger partial charge in [-0.3, -0.25) is 53.2 Å². The molecule has 16 nitrogen and oxygen atoms in total. The average molecular weight is 1160 g/mol. The van der Waals surface area contributed by atoms with Crippen molar-refractivity contribution in [3.05, 3.63) is 251 Å². The zero-order valence-corrected chi connectivity index (χ0v) is 47.0. The van der Waals surface area contributed by atoms with Crippen LogP contribution in [0.15, 0.2) is 190 Å². The van der Waals surface area contributed by atoms with E-state index in [-0.39, 0.29) is 152 Å². The molecule has 5 heterocycles. The number of hydrogen-bond acceptors (Lipinski definition) is 15. The Morgan fingerprint density at radius 2 is 1.05 bits per heavy atom. The Balaban J connectivity index is 0.704. The second kappa shape index (κ2) is 19.4. The number of ether oxygens (including phenoxy) is 4. The van der Waals surface area contributed by atoms with Crippen LogP contribution < -0.4 is 4.74 Å². The van der Waals surface area contributed by atoms with Crippen molar-refractivity contribution in [1.82, 2.24) is 15.2 Å². The molecule has 9 aliphatic rings. The molecule has 0 fully saturated rings. The first-order valence-electron chi connectivity index (χ1n) is 28.4. The Morgan fingerprint density at radius 3 is 1.71 bits per heavy atom. The summed E-state index contributed by atoms with van der Waals surface area (Å²) < 4.78 is 25.6. The van der Waals surface area contributed by atoms with Crippen molar-refractivity contribution in [2.45, 2.75) is 83.0 Å². The number of hydrogen-bond donors (Lipinski definition) is 1. The SMILES string of the molecule is CC1(COc2ccc3c(c2)C(=O)C2=C(C3=O)C(c3ccc(Cl)cc3)C3=C(CC(C)(Cc4cc5c(cn4)C(=O)C4=C(OC6=C(C(=O)CCC6)C4c4ccccc4)C5=O)CC3=O)O2)CC(=O)C2=C(C1)OC1=C(C(=O)c3ccccc3C1=O)C2c1ccn[nH]1. The lowest BCUT2D eigenvalue weighted by Crippen LogP contribution is -2.40. The van der Waals surface area contributed by atoms with Gasteiger partial charge >= 0.3 is 0 Å². The third-order valence-corrected chi connectivity index (χ3v) is 18.4. The van der Waals surface area contributed by atoms with Crippen molar-refractivity contribution >= 4 is 63.7 Å². The molecule has 424 valence electrons. The molecular weight excluding hydrogens is 1110 g/mol. The number of carbonyl (C=O) groups is 9. The number of fused-ring (bicyclic) bond motifs is 3.